The van der Waals surface area contributed by atoms with Gasteiger partial charge in [0.25, 0.3) is 5.91 Å². The van der Waals surface area contributed by atoms with Crippen LogP contribution >= 0.6 is 11.6 Å². The average molecular weight is 340 g/mol. The molecule has 0 bridgehead atoms. The number of aromatic nitrogens is 2. The van der Waals surface area contributed by atoms with Gasteiger partial charge in [-0.15, -0.1) is 0 Å². The van der Waals surface area contributed by atoms with Gasteiger partial charge in [-0.05, 0) is 31.2 Å². The Morgan fingerprint density at radius 3 is 2.46 bits per heavy atom. The van der Waals surface area contributed by atoms with Crippen LogP contribution in [-0.2, 0) is 0 Å². The number of amides is 1. The zero-order chi connectivity index (χ0) is 17.1. The minimum atomic E-state index is -0.563. The molecule has 1 amide bonds. The third kappa shape index (κ3) is 3.21. The van der Waals surface area contributed by atoms with Crippen molar-refractivity contribution in [3.63, 3.8) is 0 Å². The van der Waals surface area contributed by atoms with Gasteiger partial charge >= 0.3 is 0 Å². The molecule has 0 saturated heterocycles. The molecule has 120 valence electrons. The fraction of sp³-hybridized carbons (Fsp3) is 0.0556. The molecule has 0 unspecified atom stereocenters. The summed E-state index contributed by atoms with van der Waals surface area (Å²) in [7, 11) is 0. The van der Waals surface area contributed by atoms with E-state index in [4.69, 9.17) is 11.6 Å². The quantitative estimate of drug-likeness (QED) is 0.795. The number of hydrogen-bond acceptors (Lipinski definition) is 3. The smallest absolute Gasteiger partial charge is 0.280 e. The van der Waals surface area contributed by atoms with Crippen molar-refractivity contribution in [3.8, 4) is 5.69 Å². The Balaban J connectivity index is 2.03. The minimum absolute atomic E-state index is 0.190. The van der Waals surface area contributed by atoms with Crippen LogP contribution in [-0.4, -0.2) is 15.7 Å². The van der Waals surface area contributed by atoms with Crippen molar-refractivity contribution in [1.82, 2.24) is 9.78 Å². The number of anilines is 1. The fourth-order valence-corrected chi connectivity index (χ4v) is 2.50. The lowest BCUT2D eigenvalue weighted by molar-refractivity contribution is 0.101. The van der Waals surface area contributed by atoms with E-state index in [1.807, 2.05) is 12.1 Å². The molecule has 1 N–H and O–H groups in total. The topological polar surface area (TPSA) is 64.0 Å². The van der Waals surface area contributed by atoms with E-state index in [0.717, 1.165) is 0 Å². The summed E-state index contributed by atoms with van der Waals surface area (Å²) in [4.78, 5) is 24.6. The number of halogens is 1. The molecule has 24 heavy (non-hydrogen) atoms. The number of carbonyl (C=O) groups is 1. The molecule has 3 aromatic rings. The summed E-state index contributed by atoms with van der Waals surface area (Å²) in [5.41, 5.74) is 1.15. The van der Waals surface area contributed by atoms with Gasteiger partial charge in [-0.25, -0.2) is 4.68 Å². The van der Waals surface area contributed by atoms with E-state index in [2.05, 4.69) is 10.4 Å². The first-order chi connectivity index (χ1) is 11.6. The summed E-state index contributed by atoms with van der Waals surface area (Å²) in [6, 6.07) is 17.4. The van der Waals surface area contributed by atoms with Crippen LogP contribution in [0.2, 0.25) is 5.02 Å². The van der Waals surface area contributed by atoms with Gasteiger partial charge in [0.15, 0.2) is 5.69 Å². The summed E-state index contributed by atoms with van der Waals surface area (Å²) in [6.07, 6.45) is 0. The number of rotatable bonds is 3. The lowest BCUT2D eigenvalue weighted by Crippen LogP contribution is -2.27. The lowest BCUT2D eigenvalue weighted by atomic mass is 10.2. The van der Waals surface area contributed by atoms with Crippen molar-refractivity contribution >= 4 is 23.2 Å². The second-order valence-electron chi connectivity index (χ2n) is 5.18. The van der Waals surface area contributed by atoms with Crippen molar-refractivity contribution in [3.05, 3.63) is 87.3 Å². The van der Waals surface area contributed by atoms with Gasteiger partial charge in [-0.3, -0.25) is 9.59 Å². The van der Waals surface area contributed by atoms with E-state index in [1.165, 1.54) is 10.7 Å². The largest absolute Gasteiger partial charge is 0.320 e. The van der Waals surface area contributed by atoms with E-state index in [0.29, 0.717) is 22.1 Å². The Labute approximate surface area is 143 Å². The molecule has 0 aliphatic heterocycles. The summed E-state index contributed by atoms with van der Waals surface area (Å²) in [6.45, 7) is 1.73. The second kappa shape index (κ2) is 6.68. The first kappa shape index (κ1) is 16.0. The maximum Gasteiger partial charge on any atom is 0.280 e. The summed E-state index contributed by atoms with van der Waals surface area (Å²) < 4.78 is 1.49. The van der Waals surface area contributed by atoms with Gasteiger partial charge in [0.05, 0.1) is 10.7 Å². The maximum absolute atomic E-state index is 12.4. The summed E-state index contributed by atoms with van der Waals surface area (Å²) in [5, 5.41) is 7.35. The highest BCUT2D eigenvalue weighted by atomic mass is 35.5. The number of carbonyl (C=O) groups excluding carboxylic acids is 1. The first-order valence-corrected chi connectivity index (χ1v) is 7.66. The van der Waals surface area contributed by atoms with E-state index < -0.39 is 11.3 Å². The van der Waals surface area contributed by atoms with E-state index >= 15 is 0 Å². The molecule has 5 nitrogen and oxygen atoms in total. The summed E-state index contributed by atoms with van der Waals surface area (Å²) >= 11 is 6.19. The van der Waals surface area contributed by atoms with E-state index in [9.17, 15) is 9.59 Å². The molecular weight excluding hydrogens is 326 g/mol. The normalized spacial score (nSPS) is 10.4. The number of hydrogen-bond donors (Lipinski definition) is 1. The van der Waals surface area contributed by atoms with Crippen LogP contribution in [0, 0.1) is 6.92 Å². The van der Waals surface area contributed by atoms with E-state index in [1.54, 1.807) is 49.4 Å². The number of aryl methyl sites for hydroxylation is 1. The lowest BCUT2D eigenvalue weighted by Gasteiger charge is -2.12. The van der Waals surface area contributed by atoms with Crippen molar-refractivity contribution in [2.24, 2.45) is 0 Å². The Kier molecular flexibility index (Phi) is 4.44. The third-order valence-corrected chi connectivity index (χ3v) is 3.75. The predicted octanol–water partition coefficient (Wildman–Crippen LogP) is 3.45. The zero-order valence-corrected chi connectivity index (χ0v) is 13.6. The molecule has 0 fully saturated rings. The highest BCUT2D eigenvalue weighted by molar-refractivity contribution is 6.32. The molecule has 0 radical (unpaired) electrons. The minimum Gasteiger partial charge on any atom is -0.320 e. The first-order valence-electron chi connectivity index (χ1n) is 7.28. The van der Waals surface area contributed by atoms with Gasteiger partial charge in [0.2, 0.25) is 5.43 Å². The molecule has 0 spiro atoms. The molecule has 1 heterocycles. The zero-order valence-electron chi connectivity index (χ0n) is 12.9. The van der Waals surface area contributed by atoms with Crippen molar-refractivity contribution in [1.29, 1.82) is 0 Å². The van der Waals surface area contributed by atoms with Crippen LogP contribution in [0.3, 0.4) is 0 Å². The van der Waals surface area contributed by atoms with Gasteiger partial charge in [0.1, 0.15) is 0 Å². The SMILES string of the molecule is Cc1cc(=O)c(C(=O)Nc2ccccc2)nn1-c1ccccc1Cl. The standard InChI is InChI=1S/C18H14ClN3O2/c1-12-11-16(23)17(18(24)20-13-7-3-2-4-8-13)21-22(12)15-10-6-5-9-14(15)19/h2-11H,1H3,(H,20,24). The van der Waals surface area contributed by atoms with Crippen LogP contribution in [0.1, 0.15) is 16.2 Å². The molecule has 6 heteroatoms. The maximum atomic E-state index is 12.4. The van der Waals surface area contributed by atoms with Crippen molar-refractivity contribution < 1.29 is 4.79 Å². The van der Waals surface area contributed by atoms with Crippen LogP contribution in [0.25, 0.3) is 5.69 Å². The highest BCUT2D eigenvalue weighted by Crippen LogP contribution is 2.19. The second-order valence-corrected chi connectivity index (χ2v) is 5.59. The Hall–Kier alpha value is -2.92. The molecular formula is C18H14ClN3O2. The van der Waals surface area contributed by atoms with E-state index in [-0.39, 0.29) is 5.69 Å². The molecule has 0 saturated carbocycles. The Bertz CT molecular complexity index is 952. The number of benzene rings is 2. The van der Waals surface area contributed by atoms with Crippen LogP contribution in [0.15, 0.2) is 65.5 Å². The Morgan fingerprint density at radius 1 is 1.08 bits per heavy atom. The number of para-hydroxylation sites is 2. The van der Waals surface area contributed by atoms with Crippen LogP contribution in [0.5, 0.6) is 0 Å². The van der Waals surface area contributed by atoms with Crippen LogP contribution < -0.4 is 10.7 Å². The predicted molar refractivity (Wildman–Crippen MR) is 94.0 cm³/mol. The van der Waals surface area contributed by atoms with Crippen molar-refractivity contribution in [2.45, 2.75) is 6.92 Å². The summed E-state index contributed by atoms with van der Waals surface area (Å²) in [5.74, 6) is -0.563. The molecule has 2 aromatic carbocycles. The van der Waals surface area contributed by atoms with Crippen molar-refractivity contribution in [2.75, 3.05) is 5.32 Å². The monoisotopic (exact) mass is 339 g/mol. The van der Waals surface area contributed by atoms with Crippen LogP contribution in [0.4, 0.5) is 5.69 Å². The fourth-order valence-electron chi connectivity index (χ4n) is 2.28. The molecule has 3 rings (SSSR count). The van der Waals surface area contributed by atoms with Gasteiger partial charge < -0.3 is 5.32 Å². The molecule has 1 aromatic heterocycles. The molecule has 0 atom stereocenters. The average Bonchev–Trinajstić information content (AvgIpc) is 2.57. The Morgan fingerprint density at radius 2 is 1.75 bits per heavy atom. The number of nitrogens with one attached hydrogen (secondary N) is 1. The van der Waals surface area contributed by atoms with Gasteiger partial charge in [-0.1, -0.05) is 41.9 Å². The number of nitrogens with zero attached hydrogens (tertiary/aromatic N) is 2. The highest BCUT2D eigenvalue weighted by Gasteiger charge is 2.16. The molecule has 0 aliphatic rings. The van der Waals surface area contributed by atoms with Gasteiger partial charge in [0, 0.05) is 17.4 Å². The van der Waals surface area contributed by atoms with Gasteiger partial charge in [-0.2, -0.15) is 5.10 Å². The molecule has 0 aliphatic carbocycles. The third-order valence-electron chi connectivity index (χ3n) is 3.43.